The van der Waals surface area contributed by atoms with Crippen molar-refractivity contribution in [2.24, 2.45) is 0 Å². The molecule has 0 spiro atoms. The maximum atomic E-state index is 10.9. The molecule has 0 aliphatic heterocycles. The van der Waals surface area contributed by atoms with Crippen LogP contribution in [0.4, 0.5) is 0 Å². The fraction of sp³-hybridized carbons (Fsp3) is 0.267. The maximum Gasteiger partial charge on any atom is 0.134 e. The van der Waals surface area contributed by atoms with Crippen LogP contribution >= 0.6 is 0 Å². The SMILES string of the molecule is CC.CC(=O)Cc1ccc2ccccc2c1. The number of ketones is 1. The van der Waals surface area contributed by atoms with Gasteiger partial charge in [-0.3, -0.25) is 4.79 Å². The fourth-order valence-corrected chi connectivity index (χ4v) is 1.64. The van der Waals surface area contributed by atoms with Gasteiger partial charge in [0.25, 0.3) is 0 Å². The number of hydrogen-bond acceptors (Lipinski definition) is 1. The fourth-order valence-electron chi connectivity index (χ4n) is 1.64. The van der Waals surface area contributed by atoms with Crippen LogP contribution < -0.4 is 0 Å². The lowest BCUT2D eigenvalue weighted by Crippen LogP contribution is -1.95. The van der Waals surface area contributed by atoms with Crippen molar-refractivity contribution < 1.29 is 4.79 Å². The van der Waals surface area contributed by atoms with Crippen molar-refractivity contribution in [3.05, 3.63) is 48.0 Å². The van der Waals surface area contributed by atoms with Crippen LogP contribution in [0.25, 0.3) is 10.8 Å². The molecular formula is C15H18O. The quantitative estimate of drug-likeness (QED) is 0.738. The second-order valence-corrected chi connectivity index (χ2v) is 3.56. The second-order valence-electron chi connectivity index (χ2n) is 3.56. The molecule has 16 heavy (non-hydrogen) atoms. The molecule has 0 aromatic heterocycles. The van der Waals surface area contributed by atoms with Crippen molar-refractivity contribution in [3.8, 4) is 0 Å². The average Bonchev–Trinajstić information content (AvgIpc) is 2.31. The Kier molecular flexibility index (Phi) is 4.71. The second kappa shape index (κ2) is 6.06. The molecule has 2 aromatic rings. The van der Waals surface area contributed by atoms with E-state index >= 15 is 0 Å². The molecular weight excluding hydrogens is 196 g/mol. The van der Waals surface area contributed by atoms with Crippen molar-refractivity contribution in [3.63, 3.8) is 0 Å². The first kappa shape index (κ1) is 12.4. The molecule has 0 unspecified atom stereocenters. The predicted molar refractivity (Wildman–Crippen MR) is 69.7 cm³/mol. The van der Waals surface area contributed by atoms with Crippen LogP contribution in [0.1, 0.15) is 26.3 Å². The topological polar surface area (TPSA) is 17.1 Å². The highest BCUT2D eigenvalue weighted by molar-refractivity contribution is 5.85. The zero-order chi connectivity index (χ0) is 12.0. The van der Waals surface area contributed by atoms with Gasteiger partial charge in [0, 0.05) is 6.42 Å². The van der Waals surface area contributed by atoms with Gasteiger partial charge in [-0.1, -0.05) is 56.3 Å². The Morgan fingerprint density at radius 1 is 1.00 bits per heavy atom. The van der Waals surface area contributed by atoms with E-state index in [1.807, 2.05) is 32.0 Å². The largest absolute Gasteiger partial charge is 0.300 e. The van der Waals surface area contributed by atoms with Gasteiger partial charge in [0.1, 0.15) is 5.78 Å². The van der Waals surface area contributed by atoms with Gasteiger partial charge in [-0.2, -0.15) is 0 Å². The minimum atomic E-state index is 0.209. The molecule has 1 nitrogen and oxygen atoms in total. The molecule has 0 saturated carbocycles. The summed E-state index contributed by atoms with van der Waals surface area (Å²) in [6, 6.07) is 14.3. The molecule has 2 aromatic carbocycles. The third-order valence-electron chi connectivity index (χ3n) is 2.27. The van der Waals surface area contributed by atoms with E-state index < -0.39 is 0 Å². The minimum Gasteiger partial charge on any atom is -0.300 e. The number of carbonyl (C=O) groups is 1. The number of carbonyl (C=O) groups excluding carboxylic acids is 1. The summed E-state index contributed by atoms with van der Waals surface area (Å²) in [6.07, 6.45) is 0.533. The van der Waals surface area contributed by atoms with Gasteiger partial charge in [0.2, 0.25) is 0 Å². The van der Waals surface area contributed by atoms with Crippen LogP contribution in [0.5, 0.6) is 0 Å². The van der Waals surface area contributed by atoms with E-state index in [1.165, 1.54) is 10.8 Å². The van der Waals surface area contributed by atoms with Crippen LogP contribution in [-0.4, -0.2) is 5.78 Å². The van der Waals surface area contributed by atoms with E-state index in [0.717, 1.165) is 5.56 Å². The van der Waals surface area contributed by atoms with Crippen LogP contribution in [-0.2, 0) is 11.2 Å². The standard InChI is InChI=1S/C13H12O.C2H6/c1-10(14)8-11-6-7-12-4-2-3-5-13(12)9-11;1-2/h2-7,9H,8H2,1H3;1-2H3. The monoisotopic (exact) mass is 214 g/mol. The Balaban J connectivity index is 0.000000606. The first-order valence-electron chi connectivity index (χ1n) is 5.73. The van der Waals surface area contributed by atoms with Crippen molar-refractivity contribution in [1.82, 2.24) is 0 Å². The predicted octanol–water partition coefficient (Wildman–Crippen LogP) is 4.00. The summed E-state index contributed by atoms with van der Waals surface area (Å²) in [7, 11) is 0. The number of Topliss-reactive ketones (excluding diaryl/α,β-unsaturated/α-hetero) is 1. The summed E-state index contributed by atoms with van der Waals surface area (Å²) < 4.78 is 0. The van der Waals surface area contributed by atoms with Crippen LogP contribution in [0.3, 0.4) is 0 Å². The van der Waals surface area contributed by atoms with E-state index in [-0.39, 0.29) is 5.78 Å². The number of fused-ring (bicyclic) bond motifs is 1. The van der Waals surface area contributed by atoms with E-state index in [1.54, 1.807) is 6.92 Å². The smallest absolute Gasteiger partial charge is 0.134 e. The molecule has 0 heterocycles. The minimum absolute atomic E-state index is 0.209. The van der Waals surface area contributed by atoms with Gasteiger partial charge in [0.05, 0.1) is 0 Å². The lowest BCUT2D eigenvalue weighted by molar-refractivity contribution is -0.116. The Hall–Kier alpha value is -1.63. The number of rotatable bonds is 2. The van der Waals surface area contributed by atoms with Gasteiger partial charge >= 0.3 is 0 Å². The van der Waals surface area contributed by atoms with E-state index in [9.17, 15) is 4.79 Å². The maximum absolute atomic E-state index is 10.9. The Morgan fingerprint density at radius 3 is 2.25 bits per heavy atom. The number of benzene rings is 2. The number of hydrogen-bond donors (Lipinski definition) is 0. The third kappa shape index (κ3) is 3.20. The zero-order valence-corrected chi connectivity index (χ0v) is 10.2. The van der Waals surface area contributed by atoms with Gasteiger partial charge in [0.15, 0.2) is 0 Å². The molecule has 0 N–H and O–H groups in total. The summed E-state index contributed by atoms with van der Waals surface area (Å²) in [5.74, 6) is 0.209. The average molecular weight is 214 g/mol. The van der Waals surface area contributed by atoms with Crippen LogP contribution in [0.2, 0.25) is 0 Å². The van der Waals surface area contributed by atoms with Gasteiger partial charge in [-0.25, -0.2) is 0 Å². The molecule has 0 bridgehead atoms. The molecule has 1 heteroatoms. The lowest BCUT2D eigenvalue weighted by atomic mass is 10.0. The normalized spacial score (nSPS) is 9.44. The summed E-state index contributed by atoms with van der Waals surface area (Å²) in [5, 5.41) is 2.42. The van der Waals surface area contributed by atoms with Gasteiger partial charge < -0.3 is 0 Å². The molecule has 2 rings (SSSR count). The van der Waals surface area contributed by atoms with E-state index in [0.29, 0.717) is 6.42 Å². The summed E-state index contributed by atoms with van der Waals surface area (Å²) in [5.41, 5.74) is 1.09. The first-order chi connectivity index (χ1) is 7.75. The Morgan fingerprint density at radius 2 is 1.62 bits per heavy atom. The molecule has 0 aliphatic rings. The molecule has 0 radical (unpaired) electrons. The molecule has 0 saturated heterocycles. The van der Waals surface area contributed by atoms with Crippen molar-refractivity contribution in [1.29, 1.82) is 0 Å². The summed E-state index contributed by atoms with van der Waals surface area (Å²) in [4.78, 5) is 10.9. The van der Waals surface area contributed by atoms with Crippen molar-refractivity contribution >= 4 is 16.6 Å². The molecule has 84 valence electrons. The van der Waals surface area contributed by atoms with E-state index in [2.05, 4.69) is 24.3 Å². The van der Waals surface area contributed by atoms with Crippen molar-refractivity contribution in [2.75, 3.05) is 0 Å². The highest BCUT2D eigenvalue weighted by atomic mass is 16.1. The Labute approximate surface area is 97.1 Å². The van der Waals surface area contributed by atoms with Crippen molar-refractivity contribution in [2.45, 2.75) is 27.2 Å². The Bertz CT molecular complexity index is 472. The van der Waals surface area contributed by atoms with Gasteiger partial charge in [-0.05, 0) is 23.3 Å². The van der Waals surface area contributed by atoms with Crippen LogP contribution in [0.15, 0.2) is 42.5 Å². The third-order valence-corrected chi connectivity index (χ3v) is 2.27. The molecule has 0 aliphatic carbocycles. The summed E-state index contributed by atoms with van der Waals surface area (Å²) in [6.45, 7) is 5.62. The lowest BCUT2D eigenvalue weighted by Gasteiger charge is -2.00. The van der Waals surface area contributed by atoms with Gasteiger partial charge in [-0.15, -0.1) is 0 Å². The first-order valence-corrected chi connectivity index (χ1v) is 5.73. The highest BCUT2D eigenvalue weighted by Gasteiger charge is 1.98. The van der Waals surface area contributed by atoms with E-state index in [4.69, 9.17) is 0 Å². The molecule has 0 atom stereocenters. The molecule has 0 amide bonds. The zero-order valence-electron chi connectivity index (χ0n) is 10.2. The highest BCUT2D eigenvalue weighted by Crippen LogP contribution is 2.15. The summed E-state index contributed by atoms with van der Waals surface area (Å²) >= 11 is 0. The molecule has 0 fully saturated rings. The van der Waals surface area contributed by atoms with Crippen LogP contribution in [0, 0.1) is 0 Å².